The van der Waals surface area contributed by atoms with Crippen molar-refractivity contribution >= 4 is 21.7 Å². The number of alkyl halides is 3. The number of hydrogen-bond donors (Lipinski definition) is 1. The third-order valence-electron chi connectivity index (χ3n) is 7.81. The largest absolute Gasteiger partial charge is 0.403 e. The molecule has 0 unspecified atom stereocenters. The number of nitrogens with one attached hydrogen (secondary N) is 1. The van der Waals surface area contributed by atoms with Gasteiger partial charge in [0.25, 0.3) is 0 Å². The van der Waals surface area contributed by atoms with Gasteiger partial charge < -0.3 is 10.2 Å². The third kappa shape index (κ3) is 4.24. The summed E-state index contributed by atoms with van der Waals surface area (Å²) in [7, 11) is -2.38. The highest BCUT2D eigenvalue weighted by atomic mass is 32.2. The summed E-state index contributed by atoms with van der Waals surface area (Å²) in [5.74, 6) is -2.09. The quantitative estimate of drug-likeness (QED) is 0.591. The Bertz CT molecular complexity index is 1470. The molecular weight excluding hydrogens is 523 g/mol. The molecule has 0 spiro atoms. The molecular formula is C25H26F3N5O4S. The van der Waals surface area contributed by atoms with E-state index in [-0.39, 0.29) is 11.3 Å². The van der Waals surface area contributed by atoms with Crippen molar-refractivity contribution < 1.29 is 31.2 Å². The fourth-order valence-corrected chi connectivity index (χ4v) is 7.04. The normalized spacial score (nSPS) is 23.5. The van der Waals surface area contributed by atoms with Crippen LogP contribution in [0.3, 0.4) is 0 Å². The Labute approximate surface area is 217 Å². The number of carbonyl (C=O) groups is 2. The van der Waals surface area contributed by atoms with Crippen molar-refractivity contribution in [2.45, 2.75) is 66.9 Å². The molecule has 202 valence electrons. The lowest BCUT2D eigenvalue weighted by atomic mass is 10.0. The van der Waals surface area contributed by atoms with E-state index in [9.17, 15) is 36.4 Å². The van der Waals surface area contributed by atoms with Crippen LogP contribution in [-0.2, 0) is 26.5 Å². The van der Waals surface area contributed by atoms with E-state index in [0.717, 1.165) is 16.0 Å². The summed E-state index contributed by atoms with van der Waals surface area (Å²) in [6.45, 7) is 1.07. The van der Waals surface area contributed by atoms with Crippen molar-refractivity contribution in [3.05, 3.63) is 36.2 Å². The maximum Gasteiger partial charge on any atom is 0.403 e. The smallest absolute Gasteiger partial charge is 0.336 e. The number of aryl methyl sites for hydroxylation is 2. The molecule has 2 saturated carbocycles. The summed E-state index contributed by atoms with van der Waals surface area (Å²) in [4.78, 5) is 27.0. The number of carbonyl (C=O) groups excluding carboxylic acids is 2. The van der Waals surface area contributed by atoms with Gasteiger partial charge in [-0.15, -0.1) is 0 Å². The zero-order valence-electron chi connectivity index (χ0n) is 20.7. The van der Waals surface area contributed by atoms with Gasteiger partial charge in [-0.05, 0) is 56.2 Å². The SMILES string of the molecule is Cc1cc(-c2cnn(C)c2)ccc1S(=O)(=O)[C@@H]1C[C@@H](C(=O)NC2(C#N)CC2)N(C(=O)C2(C(F)(F)F)CC2)C1. The molecule has 9 nitrogen and oxygen atoms in total. The molecule has 0 radical (unpaired) electrons. The van der Waals surface area contributed by atoms with Crippen molar-refractivity contribution in [3.8, 4) is 17.2 Å². The second kappa shape index (κ2) is 8.56. The van der Waals surface area contributed by atoms with Gasteiger partial charge in [-0.1, -0.05) is 12.1 Å². The number of hydrogen-bond acceptors (Lipinski definition) is 6. The van der Waals surface area contributed by atoms with Gasteiger partial charge in [-0.25, -0.2) is 8.42 Å². The first-order chi connectivity index (χ1) is 17.7. The number of aromatic nitrogens is 2. The summed E-state index contributed by atoms with van der Waals surface area (Å²) >= 11 is 0. The molecule has 3 aliphatic rings. The summed E-state index contributed by atoms with van der Waals surface area (Å²) in [6.07, 6.45) is -1.82. The lowest BCUT2D eigenvalue weighted by molar-refractivity contribution is -0.199. The third-order valence-corrected chi connectivity index (χ3v) is 10.1. The number of nitriles is 1. The van der Waals surface area contributed by atoms with Gasteiger partial charge in [0, 0.05) is 25.4 Å². The maximum absolute atomic E-state index is 13.8. The van der Waals surface area contributed by atoms with Gasteiger partial charge in [0.15, 0.2) is 9.84 Å². The Morgan fingerprint density at radius 1 is 1.18 bits per heavy atom. The summed E-state index contributed by atoms with van der Waals surface area (Å²) in [5, 5.41) is 14.7. The van der Waals surface area contributed by atoms with E-state index in [2.05, 4.69) is 10.4 Å². The molecule has 2 aliphatic carbocycles. The summed E-state index contributed by atoms with van der Waals surface area (Å²) in [5.41, 5.74) is -1.78. The van der Waals surface area contributed by atoms with Crippen LogP contribution in [0.4, 0.5) is 13.2 Å². The highest BCUT2D eigenvalue weighted by Crippen LogP contribution is 2.59. The predicted molar refractivity (Wildman–Crippen MR) is 128 cm³/mol. The molecule has 1 saturated heterocycles. The molecule has 13 heteroatoms. The highest BCUT2D eigenvalue weighted by Gasteiger charge is 2.70. The molecule has 1 aromatic carbocycles. The van der Waals surface area contributed by atoms with Crippen molar-refractivity contribution in [2.24, 2.45) is 12.5 Å². The summed E-state index contributed by atoms with van der Waals surface area (Å²) in [6, 6.07) is 5.27. The van der Waals surface area contributed by atoms with Crippen LogP contribution >= 0.6 is 0 Å². The fourth-order valence-electron chi connectivity index (χ4n) is 5.12. The Morgan fingerprint density at radius 3 is 2.37 bits per heavy atom. The van der Waals surface area contributed by atoms with Gasteiger partial charge >= 0.3 is 6.18 Å². The van der Waals surface area contributed by atoms with E-state index in [4.69, 9.17) is 0 Å². The molecule has 1 aliphatic heterocycles. The first-order valence-electron chi connectivity index (χ1n) is 12.2. The Balaban J connectivity index is 1.45. The summed E-state index contributed by atoms with van der Waals surface area (Å²) < 4.78 is 70.3. The van der Waals surface area contributed by atoms with E-state index in [1.807, 2.05) is 6.07 Å². The molecule has 1 N–H and O–H groups in total. The molecule has 2 amide bonds. The number of sulfone groups is 1. The molecule has 3 fully saturated rings. The van der Waals surface area contributed by atoms with E-state index in [1.54, 1.807) is 43.2 Å². The second-order valence-electron chi connectivity index (χ2n) is 10.5. The maximum atomic E-state index is 13.8. The predicted octanol–water partition coefficient (Wildman–Crippen LogP) is 2.65. The van der Waals surface area contributed by atoms with Gasteiger partial charge in [0.05, 0.1) is 22.4 Å². The lowest BCUT2D eigenvalue weighted by Gasteiger charge is -2.29. The molecule has 0 bridgehead atoms. The van der Waals surface area contributed by atoms with E-state index in [0.29, 0.717) is 18.4 Å². The minimum atomic E-state index is -4.81. The first-order valence-corrected chi connectivity index (χ1v) is 13.7. The number of rotatable bonds is 6. The molecule has 2 heterocycles. The average molecular weight is 550 g/mol. The van der Waals surface area contributed by atoms with Crippen LogP contribution in [0, 0.1) is 23.7 Å². The van der Waals surface area contributed by atoms with Gasteiger partial charge in [-0.3, -0.25) is 14.3 Å². The van der Waals surface area contributed by atoms with Gasteiger partial charge in [0.1, 0.15) is 17.0 Å². The van der Waals surface area contributed by atoms with Crippen LogP contribution in [0.15, 0.2) is 35.5 Å². The first kappa shape index (κ1) is 26.2. The Morgan fingerprint density at radius 2 is 1.87 bits per heavy atom. The second-order valence-corrected chi connectivity index (χ2v) is 12.7. The highest BCUT2D eigenvalue weighted by molar-refractivity contribution is 7.92. The number of benzene rings is 1. The van der Waals surface area contributed by atoms with Crippen molar-refractivity contribution in [3.63, 3.8) is 0 Å². The minimum absolute atomic E-state index is 0.0174. The van der Waals surface area contributed by atoms with Gasteiger partial charge in [-0.2, -0.15) is 23.5 Å². The molecule has 2 atom stereocenters. The van der Waals surface area contributed by atoms with E-state index in [1.165, 1.54) is 6.07 Å². The van der Waals surface area contributed by atoms with Crippen molar-refractivity contribution in [1.82, 2.24) is 20.0 Å². The van der Waals surface area contributed by atoms with Crippen LogP contribution in [0.1, 0.15) is 37.7 Å². The molecule has 5 rings (SSSR count). The van der Waals surface area contributed by atoms with Crippen LogP contribution in [0.2, 0.25) is 0 Å². The van der Waals surface area contributed by atoms with E-state index < -0.39 is 69.5 Å². The lowest BCUT2D eigenvalue weighted by Crippen LogP contribution is -2.53. The van der Waals surface area contributed by atoms with Crippen LogP contribution in [0.25, 0.3) is 11.1 Å². The number of likely N-dealkylation sites (tertiary alicyclic amines) is 1. The van der Waals surface area contributed by atoms with Gasteiger partial charge in [0.2, 0.25) is 11.8 Å². The zero-order valence-corrected chi connectivity index (χ0v) is 21.6. The molecule has 38 heavy (non-hydrogen) atoms. The molecule has 1 aromatic heterocycles. The zero-order chi connectivity index (χ0) is 27.7. The Kier molecular flexibility index (Phi) is 5.90. The average Bonchev–Trinajstić information content (AvgIpc) is 3.73. The monoisotopic (exact) mass is 549 g/mol. The van der Waals surface area contributed by atoms with E-state index >= 15 is 0 Å². The van der Waals surface area contributed by atoms with Crippen LogP contribution < -0.4 is 5.32 Å². The number of nitrogens with zero attached hydrogens (tertiary/aromatic N) is 4. The van der Waals surface area contributed by atoms with Crippen LogP contribution in [0.5, 0.6) is 0 Å². The number of halogens is 3. The standard InChI is InChI=1S/C25H26F3N5O4S/c1-15-9-16(17-11-30-32(2)12-17)3-4-20(15)38(36,37)18-10-19(21(34)31-23(14-29)5-6-23)33(13-18)22(35)24(7-8-24)25(26,27)28/h3-4,9,11-12,18-19H,5-8,10,13H2,1-2H3,(H,31,34)/t18-,19+/m1/s1. The van der Waals surface area contributed by atoms with Crippen LogP contribution in [-0.4, -0.2) is 64.5 Å². The minimum Gasteiger partial charge on any atom is -0.336 e. The Hall–Kier alpha value is -3.40. The number of amides is 2. The fraction of sp³-hybridized carbons (Fsp3) is 0.520. The topological polar surface area (TPSA) is 125 Å². The molecule has 2 aromatic rings. The van der Waals surface area contributed by atoms with Crippen molar-refractivity contribution in [1.29, 1.82) is 5.26 Å². The van der Waals surface area contributed by atoms with Crippen molar-refractivity contribution in [2.75, 3.05) is 6.54 Å².